The number of nitrogens with zero attached hydrogens (tertiary/aromatic N) is 3. The minimum Gasteiger partial charge on any atom is -0.379 e. The number of ether oxygens (including phenoxy) is 1. The van der Waals surface area contributed by atoms with Gasteiger partial charge in [-0.25, -0.2) is 18.4 Å². The molecule has 0 radical (unpaired) electrons. The standard InChI is InChI=1S/C24H26N4O4S2/c1-17-8-9-20(34(30,31)28-10-12-32-13-11-28)15-21(17)26-23(29)16-33-24-25-18(2)14-22(27-24)19-6-4-3-5-7-19/h3-9,14-15H,10-13,16H2,1-2H3,(H,26,29). The molecule has 1 aliphatic heterocycles. The van der Waals surface area contributed by atoms with Crippen LogP contribution < -0.4 is 5.32 Å². The summed E-state index contributed by atoms with van der Waals surface area (Å²) in [6.45, 7) is 5.09. The van der Waals surface area contributed by atoms with Crippen molar-refractivity contribution in [1.82, 2.24) is 14.3 Å². The summed E-state index contributed by atoms with van der Waals surface area (Å²) in [6.07, 6.45) is 0. The van der Waals surface area contributed by atoms with Crippen LogP contribution in [-0.4, -0.2) is 60.7 Å². The first-order chi connectivity index (χ1) is 16.3. The van der Waals surface area contributed by atoms with Gasteiger partial charge in [-0.15, -0.1) is 0 Å². The molecule has 3 aromatic rings. The SMILES string of the molecule is Cc1cc(-c2ccccc2)nc(SCC(=O)Nc2cc(S(=O)(=O)N3CCOCC3)ccc2C)n1. The monoisotopic (exact) mass is 498 g/mol. The number of aryl methyl sites for hydroxylation is 2. The molecular formula is C24H26N4O4S2. The fourth-order valence-corrected chi connectivity index (χ4v) is 5.65. The number of anilines is 1. The van der Waals surface area contributed by atoms with Gasteiger partial charge in [0.25, 0.3) is 0 Å². The largest absolute Gasteiger partial charge is 0.379 e. The van der Waals surface area contributed by atoms with E-state index in [2.05, 4.69) is 15.3 Å². The number of amides is 1. The molecule has 1 fully saturated rings. The lowest BCUT2D eigenvalue weighted by molar-refractivity contribution is -0.113. The van der Waals surface area contributed by atoms with E-state index in [0.29, 0.717) is 37.1 Å². The molecule has 2 heterocycles. The van der Waals surface area contributed by atoms with E-state index >= 15 is 0 Å². The molecule has 4 rings (SSSR count). The van der Waals surface area contributed by atoms with Gasteiger partial charge in [-0.3, -0.25) is 4.79 Å². The van der Waals surface area contributed by atoms with E-state index in [9.17, 15) is 13.2 Å². The van der Waals surface area contributed by atoms with Crippen LogP contribution in [-0.2, 0) is 19.6 Å². The minimum atomic E-state index is -3.65. The van der Waals surface area contributed by atoms with Crippen molar-refractivity contribution in [3.05, 3.63) is 65.9 Å². The first kappa shape index (κ1) is 24.3. The number of thioether (sulfide) groups is 1. The average molecular weight is 499 g/mol. The fraction of sp³-hybridized carbons (Fsp3) is 0.292. The van der Waals surface area contributed by atoms with Crippen LogP contribution in [0.2, 0.25) is 0 Å². The summed E-state index contributed by atoms with van der Waals surface area (Å²) in [5.74, 6) is -0.169. The number of hydrogen-bond donors (Lipinski definition) is 1. The number of carbonyl (C=O) groups excluding carboxylic acids is 1. The van der Waals surface area contributed by atoms with Gasteiger partial charge in [0.2, 0.25) is 15.9 Å². The van der Waals surface area contributed by atoms with E-state index in [1.807, 2.05) is 50.2 Å². The van der Waals surface area contributed by atoms with E-state index in [-0.39, 0.29) is 16.6 Å². The molecular weight excluding hydrogens is 472 g/mol. The van der Waals surface area contributed by atoms with Crippen molar-refractivity contribution in [2.45, 2.75) is 23.9 Å². The van der Waals surface area contributed by atoms with Gasteiger partial charge in [0.15, 0.2) is 5.16 Å². The van der Waals surface area contributed by atoms with Crippen molar-refractivity contribution in [2.24, 2.45) is 0 Å². The molecule has 1 amide bonds. The molecule has 1 saturated heterocycles. The van der Waals surface area contributed by atoms with E-state index in [0.717, 1.165) is 22.5 Å². The molecule has 0 spiro atoms. The van der Waals surface area contributed by atoms with Gasteiger partial charge in [-0.1, -0.05) is 48.2 Å². The second kappa shape index (κ2) is 10.6. The van der Waals surface area contributed by atoms with Crippen molar-refractivity contribution >= 4 is 33.4 Å². The van der Waals surface area contributed by atoms with Crippen LogP contribution in [0.3, 0.4) is 0 Å². The van der Waals surface area contributed by atoms with Crippen LogP contribution in [0.15, 0.2) is 64.6 Å². The number of carbonyl (C=O) groups is 1. The van der Waals surface area contributed by atoms with Crippen LogP contribution in [0.25, 0.3) is 11.3 Å². The number of nitrogens with one attached hydrogen (secondary N) is 1. The molecule has 1 aliphatic rings. The molecule has 0 aliphatic carbocycles. The third kappa shape index (κ3) is 5.82. The van der Waals surface area contributed by atoms with Crippen LogP contribution >= 0.6 is 11.8 Å². The van der Waals surface area contributed by atoms with Crippen LogP contribution in [0.1, 0.15) is 11.3 Å². The minimum absolute atomic E-state index is 0.0948. The lowest BCUT2D eigenvalue weighted by Crippen LogP contribution is -2.40. The lowest BCUT2D eigenvalue weighted by Gasteiger charge is -2.26. The summed E-state index contributed by atoms with van der Waals surface area (Å²) in [5.41, 5.74) is 3.84. The number of rotatable bonds is 7. The van der Waals surface area contributed by atoms with Crippen molar-refractivity contribution < 1.29 is 17.9 Å². The summed E-state index contributed by atoms with van der Waals surface area (Å²) in [5, 5.41) is 3.34. The number of aromatic nitrogens is 2. The Morgan fingerprint density at radius 2 is 1.79 bits per heavy atom. The summed E-state index contributed by atoms with van der Waals surface area (Å²) in [4.78, 5) is 21.8. The normalized spacial score (nSPS) is 14.6. The van der Waals surface area contributed by atoms with Crippen LogP contribution in [0.4, 0.5) is 5.69 Å². The number of sulfonamides is 1. The molecule has 10 heteroatoms. The molecule has 1 N–H and O–H groups in total. The third-order valence-electron chi connectivity index (χ3n) is 5.33. The van der Waals surface area contributed by atoms with Crippen molar-refractivity contribution in [3.63, 3.8) is 0 Å². The van der Waals surface area contributed by atoms with Crippen LogP contribution in [0, 0.1) is 13.8 Å². The maximum atomic E-state index is 13.0. The second-order valence-electron chi connectivity index (χ2n) is 7.87. The fourth-order valence-electron chi connectivity index (χ4n) is 3.51. The van der Waals surface area contributed by atoms with E-state index in [4.69, 9.17) is 4.74 Å². The Morgan fingerprint density at radius 3 is 2.53 bits per heavy atom. The lowest BCUT2D eigenvalue weighted by atomic mass is 10.1. The van der Waals surface area contributed by atoms with Crippen molar-refractivity contribution in [1.29, 1.82) is 0 Å². The van der Waals surface area contributed by atoms with Gasteiger partial charge in [0.05, 0.1) is 29.6 Å². The molecule has 0 atom stereocenters. The van der Waals surface area contributed by atoms with Crippen molar-refractivity contribution in [3.8, 4) is 11.3 Å². The maximum Gasteiger partial charge on any atom is 0.243 e. The van der Waals surface area contributed by atoms with Gasteiger partial charge in [0, 0.05) is 30.0 Å². The zero-order valence-electron chi connectivity index (χ0n) is 19.0. The van der Waals surface area contributed by atoms with Gasteiger partial charge >= 0.3 is 0 Å². The highest BCUT2D eigenvalue weighted by atomic mass is 32.2. The zero-order chi connectivity index (χ0) is 24.1. The number of benzene rings is 2. The highest BCUT2D eigenvalue weighted by Gasteiger charge is 2.27. The molecule has 8 nitrogen and oxygen atoms in total. The Hall–Kier alpha value is -2.79. The molecule has 2 aromatic carbocycles. The Morgan fingerprint density at radius 1 is 1.06 bits per heavy atom. The van der Waals surface area contributed by atoms with Gasteiger partial charge < -0.3 is 10.1 Å². The Bertz CT molecular complexity index is 1280. The highest BCUT2D eigenvalue weighted by molar-refractivity contribution is 7.99. The second-order valence-corrected chi connectivity index (χ2v) is 10.8. The summed E-state index contributed by atoms with van der Waals surface area (Å²) >= 11 is 1.23. The predicted molar refractivity (Wildman–Crippen MR) is 132 cm³/mol. The van der Waals surface area contributed by atoms with Gasteiger partial charge in [-0.05, 0) is 37.6 Å². The summed E-state index contributed by atoms with van der Waals surface area (Å²) in [6, 6.07) is 16.5. The molecule has 0 saturated carbocycles. The average Bonchev–Trinajstić information content (AvgIpc) is 2.85. The van der Waals surface area contributed by atoms with E-state index in [1.54, 1.807) is 12.1 Å². The Balaban J connectivity index is 1.45. The highest BCUT2D eigenvalue weighted by Crippen LogP contribution is 2.25. The first-order valence-electron chi connectivity index (χ1n) is 10.9. The number of hydrogen-bond acceptors (Lipinski definition) is 7. The molecule has 178 valence electrons. The van der Waals surface area contributed by atoms with Gasteiger partial charge in [-0.2, -0.15) is 4.31 Å². The van der Waals surface area contributed by atoms with E-state index < -0.39 is 10.0 Å². The van der Waals surface area contributed by atoms with E-state index in [1.165, 1.54) is 22.1 Å². The van der Waals surface area contributed by atoms with Crippen molar-refractivity contribution in [2.75, 3.05) is 37.4 Å². The third-order valence-corrected chi connectivity index (χ3v) is 8.07. The van der Waals surface area contributed by atoms with Gasteiger partial charge in [0.1, 0.15) is 0 Å². The Labute approximate surface area is 203 Å². The molecule has 1 aromatic heterocycles. The topological polar surface area (TPSA) is 101 Å². The molecule has 0 bridgehead atoms. The quantitative estimate of drug-likeness (QED) is 0.393. The zero-order valence-corrected chi connectivity index (χ0v) is 20.7. The smallest absolute Gasteiger partial charge is 0.243 e. The van der Waals surface area contributed by atoms with Crippen LogP contribution in [0.5, 0.6) is 0 Å². The predicted octanol–water partition coefficient (Wildman–Crippen LogP) is 3.51. The maximum absolute atomic E-state index is 13.0. The Kier molecular flexibility index (Phi) is 7.62. The summed E-state index contributed by atoms with van der Waals surface area (Å²) < 4.78 is 32.6. The molecule has 34 heavy (non-hydrogen) atoms. The molecule has 0 unspecified atom stereocenters. The summed E-state index contributed by atoms with van der Waals surface area (Å²) in [7, 11) is -3.65. The first-order valence-corrected chi connectivity index (χ1v) is 13.3. The number of morpholine rings is 1.